The molecule has 1 aliphatic rings. The summed E-state index contributed by atoms with van der Waals surface area (Å²) in [4.78, 5) is 29.6. The van der Waals surface area contributed by atoms with Crippen LogP contribution in [0.5, 0.6) is 0 Å². The van der Waals surface area contributed by atoms with Gasteiger partial charge in [-0.3, -0.25) is 19.1 Å². The second-order valence-electron chi connectivity index (χ2n) is 7.62. The smallest absolute Gasteiger partial charge is 0.291 e. The minimum atomic E-state index is -0.293. The van der Waals surface area contributed by atoms with E-state index in [1.165, 1.54) is 22.1 Å². The van der Waals surface area contributed by atoms with Gasteiger partial charge in [0, 0.05) is 36.3 Å². The van der Waals surface area contributed by atoms with Crippen molar-refractivity contribution >= 4 is 46.2 Å². The molecule has 12 heteroatoms. The van der Waals surface area contributed by atoms with Gasteiger partial charge in [-0.2, -0.15) is 9.78 Å². The number of carbonyl (C=O) groups excluding carboxylic acids is 1. The van der Waals surface area contributed by atoms with Crippen LogP contribution in [0.25, 0.3) is 11.4 Å². The van der Waals surface area contributed by atoms with Gasteiger partial charge >= 0.3 is 0 Å². The van der Waals surface area contributed by atoms with E-state index in [4.69, 9.17) is 16.3 Å². The summed E-state index contributed by atoms with van der Waals surface area (Å²) in [6.45, 7) is 3.66. The summed E-state index contributed by atoms with van der Waals surface area (Å²) >= 11 is 8.63. The Kier molecular flexibility index (Phi) is 6.88. The fourth-order valence-corrected chi connectivity index (χ4v) is 5.22. The molecule has 0 bridgehead atoms. The minimum absolute atomic E-state index is 0.130. The van der Waals surface area contributed by atoms with Crippen LogP contribution in [-0.4, -0.2) is 55.8 Å². The van der Waals surface area contributed by atoms with Crippen molar-refractivity contribution in [3.8, 4) is 11.4 Å². The van der Waals surface area contributed by atoms with Gasteiger partial charge in [0.25, 0.3) is 11.5 Å². The van der Waals surface area contributed by atoms with Crippen LogP contribution in [0.15, 0.2) is 53.5 Å². The number of pyridine rings is 1. The van der Waals surface area contributed by atoms with Gasteiger partial charge in [-0.15, -0.1) is 11.3 Å². The molecule has 4 aromatic rings. The van der Waals surface area contributed by atoms with E-state index in [-0.39, 0.29) is 11.5 Å². The standard InChI is InChI=1S/C22H21ClN6O3S2/c23-19-5-4-15(33-19)13-24-20-12-16(26-29(20)22(31)18-6-7-25-34-18)17-2-1-3-21(30)28(17)14-27-8-10-32-11-9-27/h1-7,12,24H,8-11,13-14H2. The van der Waals surface area contributed by atoms with Crippen molar-refractivity contribution in [3.05, 3.63) is 73.1 Å². The number of ether oxygens (including phenoxy) is 1. The summed E-state index contributed by atoms with van der Waals surface area (Å²) in [5, 5.41) is 7.90. The van der Waals surface area contributed by atoms with Gasteiger partial charge < -0.3 is 10.1 Å². The first-order valence-electron chi connectivity index (χ1n) is 10.6. The SMILES string of the molecule is O=C(c1ccns1)n1nc(-c2cccc(=O)n2CN2CCOCC2)cc1NCc1ccc(Cl)s1. The first-order chi connectivity index (χ1) is 16.6. The van der Waals surface area contributed by atoms with Crippen molar-refractivity contribution in [2.45, 2.75) is 13.2 Å². The predicted molar refractivity (Wildman–Crippen MR) is 133 cm³/mol. The number of morpholine rings is 1. The fraction of sp³-hybridized carbons (Fsp3) is 0.273. The van der Waals surface area contributed by atoms with E-state index in [0.29, 0.717) is 52.8 Å². The lowest BCUT2D eigenvalue weighted by atomic mass is 10.2. The Hall–Kier alpha value is -2.83. The first-order valence-corrected chi connectivity index (χ1v) is 12.6. The number of nitrogens with one attached hydrogen (secondary N) is 1. The molecule has 0 radical (unpaired) electrons. The summed E-state index contributed by atoms with van der Waals surface area (Å²) in [5.74, 6) is 0.227. The number of aromatic nitrogens is 4. The third-order valence-electron chi connectivity index (χ3n) is 5.38. The molecule has 5 rings (SSSR count). The van der Waals surface area contributed by atoms with Gasteiger partial charge in [0.15, 0.2) is 0 Å². The molecule has 0 amide bonds. The van der Waals surface area contributed by atoms with Gasteiger partial charge in [-0.1, -0.05) is 17.7 Å². The third kappa shape index (κ3) is 4.98. The van der Waals surface area contributed by atoms with Gasteiger partial charge in [0.2, 0.25) is 0 Å². The zero-order chi connectivity index (χ0) is 23.5. The lowest BCUT2D eigenvalue weighted by Gasteiger charge is -2.27. The van der Waals surface area contributed by atoms with E-state index in [2.05, 4.69) is 19.7 Å². The molecule has 0 saturated carbocycles. The van der Waals surface area contributed by atoms with Crippen molar-refractivity contribution in [2.24, 2.45) is 0 Å². The Morgan fingerprint density at radius 1 is 1.18 bits per heavy atom. The highest BCUT2D eigenvalue weighted by Gasteiger charge is 2.21. The highest BCUT2D eigenvalue weighted by Crippen LogP contribution is 2.26. The van der Waals surface area contributed by atoms with E-state index >= 15 is 0 Å². The predicted octanol–water partition coefficient (Wildman–Crippen LogP) is 3.47. The maximum atomic E-state index is 13.2. The normalized spacial score (nSPS) is 14.4. The van der Waals surface area contributed by atoms with Crippen LogP contribution in [0.4, 0.5) is 5.82 Å². The van der Waals surface area contributed by atoms with E-state index in [1.54, 1.807) is 29.0 Å². The molecule has 9 nitrogen and oxygen atoms in total. The molecular weight excluding hydrogens is 496 g/mol. The van der Waals surface area contributed by atoms with E-state index in [1.807, 2.05) is 18.2 Å². The summed E-state index contributed by atoms with van der Waals surface area (Å²) in [7, 11) is 0. The second-order valence-corrected chi connectivity index (χ2v) is 10.2. The summed E-state index contributed by atoms with van der Waals surface area (Å²) in [5.41, 5.74) is 1.03. The van der Waals surface area contributed by atoms with Gasteiger partial charge in [-0.05, 0) is 35.8 Å². The second kappa shape index (κ2) is 10.2. The molecule has 1 aliphatic heterocycles. The Bertz CT molecular complexity index is 1340. The van der Waals surface area contributed by atoms with Crippen LogP contribution in [0.3, 0.4) is 0 Å². The highest BCUT2D eigenvalue weighted by atomic mass is 35.5. The largest absolute Gasteiger partial charge is 0.379 e. The maximum Gasteiger partial charge on any atom is 0.291 e. The number of rotatable bonds is 7. The number of carbonyl (C=O) groups is 1. The molecule has 34 heavy (non-hydrogen) atoms. The molecule has 1 N–H and O–H groups in total. The third-order valence-corrected chi connectivity index (χ3v) is 7.35. The van der Waals surface area contributed by atoms with Gasteiger partial charge in [-0.25, -0.2) is 4.37 Å². The summed E-state index contributed by atoms with van der Waals surface area (Å²) in [6.07, 6.45) is 1.58. The van der Waals surface area contributed by atoms with Crippen LogP contribution < -0.4 is 10.9 Å². The van der Waals surface area contributed by atoms with E-state index in [9.17, 15) is 9.59 Å². The monoisotopic (exact) mass is 516 g/mol. The molecule has 0 aliphatic carbocycles. The van der Waals surface area contributed by atoms with Crippen LogP contribution >= 0.6 is 34.5 Å². The minimum Gasteiger partial charge on any atom is -0.379 e. The lowest BCUT2D eigenvalue weighted by Crippen LogP contribution is -2.40. The molecule has 0 spiro atoms. The topological polar surface area (TPSA) is 94.3 Å². The summed E-state index contributed by atoms with van der Waals surface area (Å²) < 4.78 is 13.2. The van der Waals surface area contributed by atoms with Crippen molar-refractivity contribution in [1.29, 1.82) is 0 Å². The Morgan fingerprint density at radius 2 is 2.03 bits per heavy atom. The molecule has 5 heterocycles. The number of thiophene rings is 1. The Morgan fingerprint density at radius 3 is 2.76 bits per heavy atom. The number of hydrogen-bond donors (Lipinski definition) is 1. The van der Waals surface area contributed by atoms with Crippen molar-refractivity contribution in [1.82, 2.24) is 23.6 Å². The van der Waals surface area contributed by atoms with Crippen LogP contribution in [0.2, 0.25) is 4.34 Å². The number of nitrogens with zero attached hydrogens (tertiary/aromatic N) is 5. The van der Waals surface area contributed by atoms with Gasteiger partial charge in [0.1, 0.15) is 16.4 Å². The molecule has 176 valence electrons. The van der Waals surface area contributed by atoms with Crippen molar-refractivity contribution in [2.75, 3.05) is 31.6 Å². The van der Waals surface area contributed by atoms with E-state index in [0.717, 1.165) is 29.5 Å². The van der Waals surface area contributed by atoms with Crippen molar-refractivity contribution < 1.29 is 9.53 Å². The summed E-state index contributed by atoms with van der Waals surface area (Å²) in [6, 6.07) is 12.3. The van der Waals surface area contributed by atoms with Crippen molar-refractivity contribution in [3.63, 3.8) is 0 Å². The maximum absolute atomic E-state index is 13.2. The van der Waals surface area contributed by atoms with Gasteiger partial charge in [0.05, 0.1) is 36.5 Å². The molecule has 1 saturated heterocycles. The Balaban J connectivity index is 1.51. The van der Waals surface area contributed by atoms with Crippen LogP contribution in [-0.2, 0) is 18.0 Å². The zero-order valence-electron chi connectivity index (χ0n) is 18.0. The first kappa shape index (κ1) is 22.9. The molecule has 0 aromatic carbocycles. The fourth-order valence-electron chi connectivity index (χ4n) is 3.67. The Labute approximate surface area is 208 Å². The van der Waals surface area contributed by atoms with Crippen LogP contribution in [0.1, 0.15) is 14.5 Å². The highest BCUT2D eigenvalue weighted by molar-refractivity contribution is 7.16. The zero-order valence-corrected chi connectivity index (χ0v) is 20.4. The van der Waals surface area contributed by atoms with E-state index < -0.39 is 0 Å². The molecular formula is C22H21ClN6O3S2. The number of hydrogen-bond acceptors (Lipinski definition) is 9. The number of anilines is 1. The van der Waals surface area contributed by atoms with Crippen LogP contribution in [0, 0.1) is 0 Å². The lowest BCUT2D eigenvalue weighted by molar-refractivity contribution is 0.0231. The molecule has 0 unspecified atom stereocenters. The quantitative estimate of drug-likeness (QED) is 0.402. The number of halogens is 1. The average molecular weight is 517 g/mol. The molecule has 4 aromatic heterocycles. The average Bonchev–Trinajstić information content (AvgIpc) is 3.61. The molecule has 0 atom stereocenters. The molecule has 1 fully saturated rings.